The number of carbonyl (C=O) groups excluding carboxylic acids is 2. The van der Waals surface area contributed by atoms with Gasteiger partial charge < -0.3 is 20.3 Å². The highest BCUT2D eigenvalue weighted by Gasteiger charge is 2.29. The van der Waals surface area contributed by atoms with Crippen LogP contribution in [-0.2, 0) is 9.53 Å². The van der Waals surface area contributed by atoms with E-state index in [1.165, 1.54) is 6.07 Å². The number of hydrogen-bond acceptors (Lipinski definition) is 5. The van der Waals surface area contributed by atoms with Crippen molar-refractivity contribution in [3.8, 4) is 11.1 Å². The summed E-state index contributed by atoms with van der Waals surface area (Å²) in [6.07, 6.45) is -0.793. The summed E-state index contributed by atoms with van der Waals surface area (Å²) in [5.41, 5.74) is 3.87. The Morgan fingerprint density at radius 1 is 0.971 bits per heavy atom. The molecule has 0 saturated carbocycles. The molecule has 3 aromatic carbocycles. The fourth-order valence-corrected chi connectivity index (χ4v) is 3.95. The molecule has 0 aliphatic heterocycles. The number of nitrogens with one attached hydrogen (secondary N) is 2. The van der Waals surface area contributed by atoms with Crippen LogP contribution in [0.5, 0.6) is 0 Å². The highest BCUT2D eigenvalue weighted by Crippen LogP contribution is 2.44. The Hall–Kier alpha value is -4.24. The molecular formula is C25H21FN2O6. The molecule has 3 aromatic rings. The number of benzene rings is 3. The number of aliphatic carboxylic acids is 1. The predicted molar refractivity (Wildman–Crippen MR) is 121 cm³/mol. The van der Waals surface area contributed by atoms with E-state index in [0.717, 1.165) is 34.4 Å². The van der Waals surface area contributed by atoms with E-state index in [4.69, 9.17) is 14.9 Å². The zero-order valence-electron chi connectivity index (χ0n) is 17.8. The summed E-state index contributed by atoms with van der Waals surface area (Å²) >= 11 is 0. The molecule has 0 fully saturated rings. The highest BCUT2D eigenvalue weighted by molar-refractivity contribution is 5.98. The van der Waals surface area contributed by atoms with E-state index in [0.29, 0.717) is 0 Å². The normalized spacial score (nSPS) is 12.9. The predicted octanol–water partition coefficient (Wildman–Crippen LogP) is 3.36. The van der Waals surface area contributed by atoms with E-state index in [2.05, 4.69) is 5.32 Å². The molecule has 2 amide bonds. The number of rotatable bonds is 7. The average molecular weight is 464 g/mol. The lowest BCUT2D eigenvalue weighted by molar-refractivity contribution is -0.140. The van der Waals surface area contributed by atoms with E-state index in [9.17, 15) is 18.8 Å². The lowest BCUT2D eigenvalue weighted by atomic mass is 9.98. The second kappa shape index (κ2) is 9.72. The summed E-state index contributed by atoms with van der Waals surface area (Å²) in [7, 11) is 0. The van der Waals surface area contributed by atoms with Crippen LogP contribution < -0.4 is 10.6 Å². The van der Waals surface area contributed by atoms with Crippen molar-refractivity contribution in [2.24, 2.45) is 0 Å². The molecule has 0 bridgehead atoms. The number of carboxylic acid groups (broad SMARTS) is 1. The van der Waals surface area contributed by atoms with Gasteiger partial charge in [0.2, 0.25) is 0 Å². The molecule has 0 spiro atoms. The Morgan fingerprint density at radius 2 is 1.59 bits per heavy atom. The second-order valence-corrected chi connectivity index (χ2v) is 7.69. The van der Waals surface area contributed by atoms with Crippen LogP contribution in [0.4, 0.5) is 14.9 Å². The van der Waals surface area contributed by atoms with E-state index in [1.807, 2.05) is 53.8 Å². The maximum absolute atomic E-state index is 14.1. The molecule has 0 heterocycles. The number of aliphatic hydroxyl groups is 1. The van der Waals surface area contributed by atoms with Crippen molar-refractivity contribution in [2.75, 3.05) is 18.5 Å². The van der Waals surface area contributed by atoms with Gasteiger partial charge in [-0.05, 0) is 40.5 Å². The van der Waals surface area contributed by atoms with Crippen LogP contribution in [0.3, 0.4) is 0 Å². The van der Waals surface area contributed by atoms with Crippen LogP contribution in [0.1, 0.15) is 27.4 Å². The van der Waals surface area contributed by atoms with Crippen molar-refractivity contribution in [3.63, 3.8) is 0 Å². The number of fused-ring (bicyclic) bond motifs is 3. The monoisotopic (exact) mass is 464 g/mol. The first-order valence-corrected chi connectivity index (χ1v) is 10.4. The molecule has 8 nitrogen and oxygen atoms in total. The topological polar surface area (TPSA) is 125 Å². The highest BCUT2D eigenvalue weighted by atomic mass is 19.1. The van der Waals surface area contributed by atoms with Gasteiger partial charge in [0.05, 0.1) is 12.2 Å². The summed E-state index contributed by atoms with van der Waals surface area (Å²) in [6, 6.07) is 17.4. The lowest BCUT2D eigenvalue weighted by Crippen LogP contribution is -2.43. The van der Waals surface area contributed by atoms with Gasteiger partial charge in [-0.3, -0.25) is 10.1 Å². The van der Waals surface area contributed by atoms with Crippen molar-refractivity contribution in [1.29, 1.82) is 0 Å². The van der Waals surface area contributed by atoms with Crippen LogP contribution in [-0.4, -0.2) is 47.4 Å². The quantitative estimate of drug-likeness (QED) is 0.425. The molecule has 0 unspecified atom stereocenters. The summed E-state index contributed by atoms with van der Waals surface area (Å²) in [5, 5.41) is 22.5. The Morgan fingerprint density at radius 3 is 2.18 bits per heavy atom. The molecule has 9 heteroatoms. The Kier molecular flexibility index (Phi) is 6.55. The van der Waals surface area contributed by atoms with Gasteiger partial charge >= 0.3 is 12.1 Å². The lowest BCUT2D eigenvalue weighted by Gasteiger charge is -2.15. The molecule has 0 saturated heterocycles. The third-order valence-corrected chi connectivity index (χ3v) is 5.59. The molecule has 0 radical (unpaired) electrons. The van der Waals surface area contributed by atoms with E-state index in [1.54, 1.807) is 0 Å². The van der Waals surface area contributed by atoms with Crippen molar-refractivity contribution >= 4 is 23.7 Å². The van der Waals surface area contributed by atoms with Gasteiger partial charge in [0.1, 0.15) is 12.4 Å². The summed E-state index contributed by atoms with van der Waals surface area (Å²) in [4.78, 5) is 35.7. The minimum Gasteiger partial charge on any atom is -0.480 e. The van der Waals surface area contributed by atoms with Crippen LogP contribution >= 0.6 is 0 Å². The zero-order chi connectivity index (χ0) is 24.2. The number of carbonyl (C=O) groups is 3. The average Bonchev–Trinajstić information content (AvgIpc) is 3.15. The van der Waals surface area contributed by atoms with E-state index in [-0.39, 0.29) is 18.2 Å². The first-order valence-electron chi connectivity index (χ1n) is 10.4. The molecule has 4 rings (SSSR count). The molecule has 4 N–H and O–H groups in total. The summed E-state index contributed by atoms with van der Waals surface area (Å²) in [5.74, 6) is -3.57. The number of ether oxygens (including phenoxy) is 1. The van der Waals surface area contributed by atoms with Gasteiger partial charge in [-0.25, -0.2) is 14.0 Å². The number of aliphatic hydroxyl groups excluding tert-OH is 1. The molecule has 1 aliphatic rings. The molecule has 0 aromatic heterocycles. The first-order chi connectivity index (χ1) is 16.4. The van der Waals surface area contributed by atoms with Gasteiger partial charge in [-0.1, -0.05) is 48.5 Å². The van der Waals surface area contributed by atoms with Crippen molar-refractivity contribution in [2.45, 2.75) is 12.0 Å². The molecule has 34 heavy (non-hydrogen) atoms. The van der Waals surface area contributed by atoms with Gasteiger partial charge in [-0.2, -0.15) is 0 Å². The fourth-order valence-electron chi connectivity index (χ4n) is 3.95. The van der Waals surface area contributed by atoms with E-state index >= 15 is 0 Å². The number of amides is 2. The Bertz CT molecular complexity index is 1220. The smallest absolute Gasteiger partial charge is 0.411 e. The molecular weight excluding hydrogens is 443 g/mol. The van der Waals surface area contributed by atoms with Crippen molar-refractivity contribution in [1.82, 2.24) is 5.32 Å². The minimum atomic E-state index is -1.59. The number of hydrogen-bond donors (Lipinski definition) is 4. The zero-order valence-corrected chi connectivity index (χ0v) is 17.8. The number of carboxylic acids is 1. The minimum absolute atomic E-state index is 0.0746. The maximum Gasteiger partial charge on any atom is 0.411 e. The van der Waals surface area contributed by atoms with Crippen molar-refractivity contribution in [3.05, 3.63) is 89.2 Å². The SMILES string of the molecule is O=C(Nc1ccc(F)c(C(=O)N[C@H](CO)C(=O)O)c1)OCC1c2ccccc2-c2ccccc21. The van der Waals surface area contributed by atoms with Crippen LogP contribution in [0, 0.1) is 5.82 Å². The maximum atomic E-state index is 14.1. The molecule has 1 aliphatic carbocycles. The largest absolute Gasteiger partial charge is 0.480 e. The third-order valence-electron chi connectivity index (χ3n) is 5.59. The molecule has 1 atom stereocenters. The molecule has 174 valence electrons. The van der Waals surface area contributed by atoms with Gasteiger partial charge in [0.15, 0.2) is 6.04 Å². The summed E-state index contributed by atoms with van der Waals surface area (Å²) in [6.45, 7) is -0.786. The van der Waals surface area contributed by atoms with Crippen molar-refractivity contribution < 1.29 is 33.7 Å². The van der Waals surface area contributed by atoms with E-state index < -0.39 is 42.0 Å². The van der Waals surface area contributed by atoms with Gasteiger partial charge in [0.25, 0.3) is 5.91 Å². The van der Waals surface area contributed by atoms with Crippen LogP contribution in [0.2, 0.25) is 0 Å². The van der Waals surface area contributed by atoms with Crippen LogP contribution in [0.15, 0.2) is 66.7 Å². The Balaban J connectivity index is 1.44. The summed E-state index contributed by atoms with van der Waals surface area (Å²) < 4.78 is 19.6. The number of halogens is 1. The number of anilines is 1. The van der Waals surface area contributed by atoms with Gasteiger partial charge in [0, 0.05) is 11.6 Å². The first kappa shape index (κ1) is 22.9. The third kappa shape index (κ3) is 4.60. The Labute approximate surface area is 194 Å². The van der Waals surface area contributed by atoms with Gasteiger partial charge in [-0.15, -0.1) is 0 Å². The fraction of sp³-hybridized carbons (Fsp3) is 0.160. The van der Waals surface area contributed by atoms with Crippen LogP contribution in [0.25, 0.3) is 11.1 Å². The second-order valence-electron chi connectivity index (χ2n) is 7.69. The standard InChI is InChI=1S/C25H21FN2O6/c26-21-10-9-14(11-19(21)23(30)28-22(12-29)24(31)32)27-25(33)34-13-20-17-7-3-1-5-15(17)16-6-2-4-8-18(16)20/h1-11,20,22,29H,12-13H2,(H,27,33)(H,28,30)(H,31,32)/t22-/m1/s1.